The standard InChI is InChI=1S/C38H31N/c1-4-8-31-25(3)32-10-7-11-34-33(18-19-35(31)38(32)34)27-15-13-26(14-16-27)29-21-24(2)22-30(23-29)37-20-17-28-9-5-6-12-36(28)39-37/h4,6-8,10-23H,5,9H2,1-3H3/b8-4-. The van der Waals surface area contributed by atoms with Gasteiger partial charge in [0.25, 0.3) is 0 Å². The van der Waals surface area contributed by atoms with Gasteiger partial charge in [-0.15, -0.1) is 0 Å². The van der Waals surface area contributed by atoms with Crippen LogP contribution in [0.3, 0.4) is 0 Å². The summed E-state index contributed by atoms with van der Waals surface area (Å²) in [5.74, 6) is 0. The molecule has 4 aromatic carbocycles. The van der Waals surface area contributed by atoms with Crippen LogP contribution in [0.4, 0.5) is 0 Å². The van der Waals surface area contributed by atoms with Crippen LogP contribution in [-0.2, 0) is 6.42 Å². The van der Waals surface area contributed by atoms with Gasteiger partial charge in [0, 0.05) is 5.56 Å². The lowest BCUT2D eigenvalue weighted by molar-refractivity contribution is 0.965. The third kappa shape index (κ3) is 3.97. The van der Waals surface area contributed by atoms with Crippen molar-refractivity contribution in [3.8, 4) is 33.5 Å². The van der Waals surface area contributed by atoms with E-state index in [0.29, 0.717) is 0 Å². The minimum Gasteiger partial charge on any atom is -0.248 e. The van der Waals surface area contributed by atoms with E-state index in [1.54, 1.807) is 0 Å². The SMILES string of the molecule is C/C=C\C1=C(C)c2cccc3c(-c4ccc(-c5cc(C)cc(-c6ccc7c(n6)C=CCC7)c5)cc4)ccc1c23. The fourth-order valence-electron chi connectivity index (χ4n) is 6.32. The lowest BCUT2D eigenvalue weighted by Gasteiger charge is -2.13. The number of nitrogens with zero attached hydrogens (tertiary/aromatic N) is 1. The molecule has 2 aliphatic carbocycles. The van der Waals surface area contributed by atoms with Gasteiger partial charge in [0.1, 0.15) is 0 Å². The fourth-order valence-corrected chi connectivity index (χ4v) is 6.32. The average Bonchev–Trinajstić information content (AvgIpc) is 3.25. The molecule has 0 amide bonds. The molecule has 0 N–H and O–H groups in total. The van der Waals surface area contributed by atoms with Gasteiger partial charge in [-0.1, -0.05) is 85.0 Å². The Balaban J connectivity index is 1.26. The van der Waals surface area contributed by atoms with Crippen LogP contribution in [0.5, 0.6) is 0 Å². The predicted molar refractivity (Wildman–Crippen MR) is 167 cm³/mol. The third-order valence-electron chi connectivity index (χ3n) is 8.24. The molecule has 1 aromatic heterocycles. The van der Waals surface area contributed by atoms with Crippen LogP contribution in [-0.4, -0.2) is 4.98 Å². The van der Waals surface area contributed by atoms with Gasteiger partial charge in [0.05, 0.1) is 11.4 Å². The molecular formula is C38H31N. The molecule has 0 saturated carbocycles. The van der Waals surface area contributed by atoms with E-state index in [2.05, 4.69) is 130 Å². The Hall–Kier alpha value is -4.49. The molecule has 1 heteroatoms. The van der Waals surface area contributed by atoms with E-state index in [9.17, 15) is 0 Å². The molecule has 0 spiro atoms. The molecule has 0 aliphatic heterocycles. The van der Waals surface area contributed by atoms with Gasteiger partial charge in [-0.3, -0.25) is 0 Å². The van der Waals surface area contributed by atoms with E-state index in [0.717, 1.165) is 24.2 Å². The van der Waals surface area contributed by atoms with E-state index in [1.807, 2.05) is 0 Å². The van der Waals surface area contributed by atoms with E-state index in [-0.39, 0.29) is 0 Å². The van der Waals surface area contributed by atoms with Gasteiger partial charge >= 0.3 is 0 Å². The summed E-state index contributed by atoms with van der Waals surface area (Å²) in [4.78, 5) is 4.99. The van der Waals surface area contributed by atoms with Crippen molar-refractivity contribution in [1.82, 2.24) is 4.98 Å². The quantitative estimate of drug-likeness (QED) is 0.239. The Morgan fingerprint density at radius 1 is 0.718 bits per heavy atom. The zero-order valence-electron chi connectivity index (χ0n) is 22.8. The van der Waals surface area contributed by atoms with Crippen LogP contribution in [0.2, 0.25) is 0 Å². The Morgan fingerprint density at radius 2 is 1.51 bits per heavy atom. The highest BCUT2D eigenvalue weighted by atomic mass is 14.7. The Morgan fingerprint density at radius 3 is 2.36 bits per heavy atom. The number of benzene rings is 4. The highest BCUT2D eigenvalue weighted by Crippen LogP contribution is 2.45. The first-order valence-electron chi connectivity index (χ1n) is 13.9. The molecule has 0 atom stereocenters. The van der Waals surface area contributed by atoms with Crippen molar-refractivity contribution in [1.29, 1.82) is 0 Å². The molecule has 0 saturated heterocycles. The fraction of sp³-hybridized carbons (Fsp3) is 0.132. The van der Waals surface area contributed by atoms with Gasteiger partial charge in [0.2, 0.25) is 0 Å². The van der Waals surface area contributed by atoms with E-state index < -0.39 is 0 Å². The van der Waals surface area contributed by atoms with E-state index in [4.69, 9.17) is 4.98 Å². The molecule has 39 heavy (non-hydrogen) atoms. The number of aromatic nitrogens is 1. The topological polar surface area (TPSA) is 12.9 Å². The van der Waals surface area contributed by atoms with Crippen molar-refractivity contribution in [2.75, 3.05) is 0 Å². The van der Waals surface area contributed by atoms with Gasteiger partial charge < -0.3 is 0 Å². The first-order valence-corrected chi connectivity index (χ1v) is 13.9. The zero-order valence-corrected chi connectivity index (χ0v) is 22.8. The summed E-state index contributed by atoms with van der Waals surface area (Å²) < 4.78 is 0. The summed E-state index contributed by atoms with van der Waals surface area (Å²) in [5.41, 5.74) is 16.3. The molecular weight excluding hydrogens is 470 g/mol. The molecule has 1 nitrogen and oxygen atoms in total. The molecule has 7 rings (SSSR count). The summed E-state index contributed by atoms with van der Waals surface area (Å²) in [6.07, 6.45) is 11.0. The minimum atomic E-state index is 1.04. The molecule has 5 aromatic rings. The lowest BCUT2D eigenvalue weighted by atomic mass is 9.92. The zero-order chi connectivity index (χ0) is 26.5. The van der Waals surface area contributed by atoms with Gasteiger partial charge in [-0.05, 0) is 124 Å². The normalized spacial score (nSPS) is 14.0. The summed E-state index contributed by atoms with van der Waals surface area (Å²) in [7, 11) is 0. The molecule has 188 valence electrons. The number of hydrogen-bond acceptors (Lipinski definition) is 1. The number of fused-ring (bicyclic) bond motifs is 1. The summed E-state index contributed by atoms with van der Waals surface area (Å²) >= 11 is 0. The maximum absolute atomic E-state index is 4.99. The second-order valence-electron chi connectivity index (χ2n) is 10.8. The summed E-state index contributed by atoms with van der Waals surface area (Å²) in [6.45, 7) is 6.50. The smallest absolute Gasteiger partial charge is 0.0709 e. The highest BCUT2D eigenvalue weighted by Gasteiger charge is 2.21. The lowest BCUT2D eigenvalue weighted by Crippen LogP contribution is -1.98. The number of hydrogen-bond donors (Lipinski definition) is 0. The van der Waals surface area contributed by atoms with E-state index >= 15 is 0 Å². The van der Waals surface area contributed by atoms with Crippen molar-refractivity contribution in [2.45, 2.75) is 33.6 Å². The van der Waals surface area contributed by atoms with E-state index in [1.165, 1.54) is 72.0 Å². The summed E-state index contributed by atoms with van der Waals surface area (Å²) in [6, 6.07) is 31.6. The largest absolute Gasteiger partial charge is 0.248 e. The average molecular weight is 502 g/mol. The minimum absolute atomic E-state index is 1.04. The highest BCUT2D eigenvalue weighted by molar-refractivity contribution is 6.18. The van der Waals surface area contributed by atoms with Crippen LogP contribution >= 0.6 is 0 Å². The predicted octanol–water partition coefficient (Wildman–Crippen LogP) is 10.3. The van der Waals surface area contributed by atoms with Crippen LogP contribution < -0.4 is 0 Å². The number of rotatable bonds is 4. The Labute approximate surface area is 230 Å². The van der Waals surface area contributed by atoms with Crippen LogP contribution in [0.25, 0.3) is 61.5 Å². The maximum atomic E-state index is 4.99. The molecule has 1 heterocycles. The van der Waals surface area contributed by atoms with Crippen molar-refractivity contribution in [3.63, 3.8) is 0 Å². The van der Waals surface area contributed by atoms with Crippen LogP contribution in [0.15, 0.2) is 103 Å². The van der Waals surface area contributed by atoms with Crippen molar-refractivity contribution < 1.29 is 0 Å². The second-order valence-corrected chi connectivity index (χ2v) is 10.8. The summed E-state index contributed by atoms with van der Waals surface area (Å²) in [5, 5.41) is 2.70. The second kappa shape index (κ2) is 9.36. The Bertz CT molecular complexity index is 1860. The van der Waals surface area contributed by atoms with Crippen molar-refractivity contribution in [3.05, 3.63) is 131 Å². The first-order chi connectivity index (χ1) is 19.1. The maximum Gasteiger partial charge on any atom is 0.0709 e. The molecule has 0 fully saturated rings. The molecule has 0 radical (unpaired) electrons. The van der Waals surface area contributed by atoms with Gasteiger partial charge in [-0.2, -0.15) is 0 Å². The third-order valence-corrected chi connectivity index (χ3v) is 8.24. The monoisotopic (exact) mass is 501 g/mol. The molecule has 0 unspecified atom stereocenters. The van der Waals surface area contributed by atoms with Crippen molar-refractivity contribution >= 4 is 28.0 Å². The number of allylic oxidation sites excluding steroid dienone is 5. The van der Waals surface area contributed by atoms with Crippen LogP contribution in [0, 0.1) is 6.92 Å². The first kappa shape index (κ1) is 23.6. The van der Waals surface area contributed by atoms with Crippen LogP contribution in [0.1, 0.15) is 48.2 Å². The number of pyridine rings is 1. The van der Waals surface area contributed by atoms with Crippen molar-refractivity contribution in [2.24, 2.45) is 0 Å². The molecule has 2 aliphatic rings. The number of aryl methyl sites for hydroxylation is 2. The van der Waals surface area contributed by atoms with Gasteiger partial charge in [0.15, 0.2) is 0 Å². The molecule has 0 bridgehead atoms. The Kier molecular flexibility index (Phi) is 5.67. The van der Waals surface area contributed by atoms with Gasteiger partial charge in [-0.25, -0.2) is 4.98 Å².